The Morgan fingerprint density at radius 1 is 1.00 bits per heavy atom. The van der Waals surface area contributed by atoms with E-state index in [0.717, 1.165) is 27.8 Å². The summed E-state index contributed by atoms with van der Waals surface area (Å²) in [4.78, 5) is 2.46. The number of nitrogen functional groups attached to an aromatic ring is 1. The summed E-state index contributed by atoms with van der Waals surface area (Å²) in [5, 5.41) is 0. The Kier molecular flexibility index (Phi) is 5.68. The van der Waals surface area contributed by atoms with Gasteiger partial charge in [0.1, 0.15) is 5.75 Å². The molecule has 0 atom stereocenters. The third-order valence-electron chi connectivity index (χ3n) is 2.82. The van der Waals surface area contributed by atoms with Crippen LogP contribution in [0, 0.1) is 6.92 Å². The molecule has 0 bridgehead atoms. The Balaban J connectivity index is 1.82. The first-order valence-corrected chi connectivity index (χ1v) is 8.42. The van der Waals surface area contributed by atoms with Crippen molar-refractivity contribution in [2.75, 3.05) is 24.3 Å². The highest BCUT2D eigenvalue weighted by atomic mass is 32.2. The van der Waals surface area contributed by atoms with Crippen LogP contribution in [0.3, 0.4) is 0 Å². The molecular weight excluding hydrogens is 286 g/mol. The molecule has 2 aromatic rings. The van der Waals surface area contributed by atoms with Crippen LogP contribution in [0.5, 0.6) is 5.75 Å². The molecule has 106 valence electrons. The average molecular weight is 305 g/mol. The normalized spacial score (nSPS) is 10.5. The van der Waals surface area contributed by atoms with Gasteiger partial charge in [0, 0.05) is 33.1 Å². The van der Waals surface area contributed by atoms with E-state index in [4.69, 9.17) is 10.5 Å². The molecule has 2 rings (SSSR count). The molecule has 20 heavy (non-hydrogen) atoms. The molecule has 0 heterocycles. The first-order valence-electron chi connectivity index (χ1n) is 6.45. The van der Waals surface area contributed by atoms with Crippen LogP contribution >= 0.6 is 23.5 Å². The molecule has 2 nitrogen and oxygen atoms in total. The van der Waals surface area contributed by atoms with Crippen LogP contribution in [0.25, 0.3) is 0 Å². The van der Waals surface area contributed by atoms with Gasteiger partial charge in [-0.3, -0.25) is 0 Å². The van der Waals surface area contributed by atoms with Crippen LogP contribution in [-0.4, -0.2) is 18.6 Å². The van der Waals surface area contributed by atoms with Gasteiger partial charge in [-0.05, 0) is 31.2 Å². The summed E-state index contributed by atoms with van der Waals surface area (Å²) >= 11 is 3.68. The van der Waals surface area contributed by atoms with Crippen LogP contribution in [0.15, 0.2) is 52.3 Å². The molecule has 4 heteroatoms. The van der Waals surface area contributed by atoms with E-state index in [-0.39, 0.29) is 0 Å². The lowest BCUT2D eigenvalue weighted by atomic mass is 10.2. The second kappa shape index (κ2) is 7.50. The number of aryl methyl sites for hydroxylation is 1. The standard InChI is InChI=1S/C16H19NOS2/c1-12-3-6-14(7-4-12)19-9-10-20-16-8-5-13(17)11-15(16)18-2/h3-8,11H,9-10,17H2,1-2H3. The second-order valence-electron chi connectivity index (χ2n) is 4.42. The fourth-order valence-electron chi connectivity index (χ4n) is 1.75. The van der Waals surface area contributed by atoms with Gasteiger partial charge in [0.15, 0.2) is 0 Å². The van der Waals surface area contributed by atoms with Crippen LogP contribution in [-0.2, 0) is 0 Å². The largest absolute Gasteiger partial charge is 0.496 e. The minimum absolute atomic E-state index is 0.736. The van der Waals surface area contributed by atoms with Gasteiger partial charge in [-0.15, -0.1) is 23.5 Å². The molecule has 0 saturated carbocycles. The summed E-state index contributed by atoms with van der Waals surface area (Å²) in [5.41, 5.74) is 7.79. The number of benzene rings is 2. The zero-order valence-corrected chi connectivity index (χ0v) is 13.4. The van der Waals surface area contributed by atoms with E-state index in [1.807, 2.05) is 30.0 Å². The molecule has 0 saturated heterocycles. The summed E-state index contributed by atoms with van der Waals surface area (Å²) < 4.78 is 5.35. The molecular formula is C16H19NOS2. The maximum atomic E-state index is 5.75. The van der Waals surface area contributed by atoms with E-state index in [1.165, 1.54) is 10.5 Å². The highest BCUT2D eigenvalue weighted by Crippen LogP contribution is 2.32. The number of rotatable bonds is 6. The fourth-order valence-corrected chi connectivity index (χ4v) is 3.65. The summed E-state index contributed by atoms with van der Waals surface area (Å²) in [6.45, 7) is 2.11. The van der Waals surface area contributed by atoms with E-state index in [9.17, 15) is 0 Å². The molecule has 0 fully saturated rings. The molecule has 0 amide bonds. The van der Waals surface area contributed by atoms with Crippen molar-refractivity contribution >= 4 is 29.2 Å². The highest BCUT2D eigenvalue weighted by molar-refractivity contribution is 8.03. The van der Waals surface area contributed by atoms with Crippen molar-refractivity contribution in [1.82, 2.24) is 0 Å². The summed E-state index contributed by atoms with van der Waals surface area (Å²) in [6.07, 6.45) is 0. The first kappa shape index (κ1) is 15.1. The Bertz CT molecular complexity index is 555. The van der Waals surface area contributed by atoms with Crippen molar-refractivity contribution in [2.24, 2.45) is 0 Å². The number of nitrogens with two attached hydrogens (primary N) is 1. The number of hydrogen-bond acceptors (Lipinski definition) is 4. The molecule has 0 aliphatic carbocycles. The molecule has 0 aliphatic rings. The quantitative estimate of drug-likeness (QED) is 0.485. The Morgan fingerprint density at radius 2 is 1.70 bits per heavy atom. The number of anilines is 1. The molecule has 2 N–H and O–H groups in total. The van der Waals surface area contributed by atoms with Crippen molar-refractivity contribution in [2.45, 2.75) is 16.7 Å². The predicted molar refractivity (Wildman–Crippen MR) is 90.0 cm³/mol. The Morgan fingerprint density at radius 3 is 2.40 bits per heavy atom. The van der Waals surface area contributed by atoms with Gasteiger partial charge in [0.2, 0.25) is 0 Å². The van der Waals surface area contributed by atoms with Crippen LogP contribution < -0.4 is 10.5 Å². The van der Waals surface area contributed by atoms with Crippen LogP contribution in [0.4, 0.5) is 5.69 Å². The van der Waals surface area contributed by atoms with E-state index in [0.29, 0.717) is 0 Å². The average Bonchev–Trinajstić information content (AvgIpc) is 2.46. The number of hydrogen-bond donors (Lipinski definition) is 1. The van der Waals surface area contributed by atoms with Gasteiger partial charge < -0.3 is 10.5 Å². The third kappa shape index (κ3) is 4.39. The SMILES string of the molecule is COc1cc(N)ccc1SCCSc1ccc(C)cc1. The third-order valence-corrected chi connectivity index (χ3v) is 5.15. The molecule has 0 aliphatic heterocycles. The minimum atomic E-state index is 0.736. The minimum Gasteiger partial charge on any atom is -0.496 e. The van der Waals surface area contributed by atoms with Crippen molar-refractivity contribution in [3.63, 3.8) is 0 Å². The predicted octanol–water partition coefficient (Wildman–Crippen LogP) is 4.47. The molecule has 0 radical (unpaired) electrons. The molecule has 0 unspecified atom stereocenters. The number of methoxy groups -OCH3 is 1. The smallest absolute Gasteiger partial charge is 0.134 e. The van der Waals surface area contributed by atoms with E-state index >= 15 is 0 Å². The molecule has 0 aromatic heterocycles. The van der Waals surface area contributed by atoms with Gasteiger partial charge in [0.05, 0.1) is 7.11 Å². The van der Waals surface area contributed by atoms with Crippen molar-refractivity contribution in [3.05, 3.63) is 48.0 Å². The first-order chi connectivity index (χ1) is 9.69. The lowest BCUT2D eigenvalue weighted by molar-refractivity contribution is 0.405. The lowest BCUT2D eigenvalue weighted by Gasteiger charge is -2.08. The summed E-state index contributed by atoms with van der Waals surface area (Å²) in [5.74, 6) is 2.97. The maximum absolute atomic E-state index is 5.75. The van der Waals surface area contributed by atoms with Crippen molar-refractivity contribution < 1.29 is 4.74 Å². The van der Waals surface area contributed by atoms with Gasteiger partial charge in [-0.1, -0.05) is 17.7 Å². The van der Waals surface area contributed by atoms with Gasteiger partial charge >= 0.3 is 0 Å². The van der Waals surface area contributed by atoms with Gasteiger partial charge in [-0.25, -0.2) is 0 Å². The topological polar surface area (TPSA) is 35.2 Å². The Hall–Kier alpha value is -1.26. The fraction of sp³-hybridized carbons (Fsp3) is 0.250. The van der Waals surface area contributed by atoms with Gasteiger partial charge in [-0.2, -0.15) is 0 Å². The second-order valence-corrected chi connectivity index (χ2v) is 6.73. The molecule has 2 aromatic carbocycles. The van der Waals surface area contributed by atoms with Crippen LogP contribution in [0.1, 0.15) is 5.56 Å². The number of ether oxygens (including phenoxy) is 1. The Labute approximate surface area is 129 Å². The van der Waals surface area contributed by atoms with Crippen LogP contribution in [0.2, 0.25) is 0 Å². The number of thioether (sulfide) groups is 2. The van der Waals surface area contributed by atoms with Crippen molar-refractivity contribution in [3.8, 4) is 5.75 Å². The van der Waals surface area contributed by atoms with Crippen molar-refractivity contribution in [1.29, 1.82) is 0 Å². The zero-order valence-electron chi connectivity index (χ0n) is 11.8. The van der Waals surface area contributed by atoms with Gasteiger partial charge in [0.25, 0.3) is 0 Å². The summed E-state index contributed by atoms with van der Waals surface area (Å²) in [6, 6.07) is 14.5. The zero-order chi connectivity index (χ0) is 14.4. The lowest BCUT2D eigenvalue weighted by Crippen LogP contribution is -1.92. The van der Waals surface area contributed by atoms with E-state index < -0.39 is 0 Å². The van der Waals surface area contributed by atoms with E-state index in [1.54, 1.807) is 18.9 Å². The maximum Gasteiger partial charge on any atom is 0.134 e. The molecule has 0 spiro atoms. The summed E-state index contributed by atoms with van der Waals surface area (Å²) in [7, 11) is 1.68. The van der Waals surface area contributed by atoms with E-state index in [2.05, 4.69) is 31.2 Å². The highest BCUT2D eigenvalue weighted by Gasteiger charge is 2.04. The monoisotopic (exact) mass is 305 g/mol.